The molecule has 4 aromatic rings. The summed E-state index contributed by atoms with van der Waals surface area (Å²) in [4.78, 5) is 29.6. The SMILES string of the molecule is CCOc1ccc(C(=O)NCc2nn(Cc3cccnc3)c(=O)c3ccccc23)cc1. The lowest BCUT2D eigenvalue weighted by Gasteiger charge is -2.12. The number of carbonyl (C=O) groups excluding carboxylic acids is 1. The zero-order valence-corrected chi connectivity index (χ0v) is 17.1. The van der Waals surface area contributed by atoms with Crippen LogP contribution in [0.4, 0.5) is 0 Å². The smallest absolute Gasteiger partial charge is 0.274 e. The molecule has 2 aromatic heterocycles. The second-order valence-corrected chi connectivity index (χ2v) is 6.96. The van der Waals surface area contributed by atoms with Crippen LogP contribution in [0.3, 0.4) is 0 Å². The second kappa shape index (κ2) is 9.21. The molecule has 0 atom stereocenters. The van der Waals surface area contributed by atoms with Crippen molar-refractivity contribution >= 4 is 16.7 Å². The molecule has 0 saturated carbocycles. The highest BCUT2D eigenvalue weighted by atomic mass is 16.5. The molecule has 0 bridgehead atoms. The Balaban J connectivity index is 1.60. The van der Waals surface area contributed by atoms with E-state index in [9.17, 15) is 9.59 Å². The summed E-state index contributed by atoms with van der Waals surface area (Å²) in [5, 5.41) is 8.73. The van der Waals surface area contributed by atoms with Crippen LogP contribution in [0, 0.1) is 0 Å². The molecule has 1 N–H and O–H groups in total. The van der Waals surface area contributed by atoms with Crippen LogP contribution in [-0.4, -0.2) is 27.3 Å². The zero-order chi connectivity index (χ0) is 21.6. The first-order valence-corrected chi connectivity index (χ1v) is 10.0. The Morgan fingerprint density at radius 1 is 1.03 bits per heavy atom. The van der Waals surface area contributed by atoms with Gasteiger partial charge in [-0.2, -0.15) is 5.10 Å². The van der Waals surface area contributed by atoms with Gasteiger partial charge in [0.15, 0.2) is 0 Å². The molecule has 0 aliphatic carbocycles. The Hall–Kier alpha value is -4.00. The van der Waals surface area contributed by atoms with Crippen molar-refractivity contribution in [3.05, 3.63) is 100 Å². The largest absolute Gasteiger partial charge is 0.494 e. The number of nitrogens with zero attached hydrogens (tertiary/aromatic N) is 3. The van der Waals surface area contributed by atoms with Crippen molar-refractivity contribution in [3.8, 4) is 5.75 Å². The Morgan fingerprint density at radius 3 is 2.52 bits per heavy atom. The van der Waals surface area contributed by atoms with Crippen LogP contribution >= 0.6 is 0 Å². The van der Waals surface area contributed by atoms with Gasteiger partial charge in [0.1, 0.15) is 5.75 Å². The zero-order valence-electron chi connectivity index (χ0n) is 17.1. The number of fused-ring (bicyclic) bond motifs is 1. The highest BCUT2D eigenvalue weighted by molar-refractivity contribution is 5.94. The quantitative estimate of drug-likeness (QED) is 0.502. The molecule has 7 heteroatoms. The van der Waals surface area contributed by atoms with Gasteiger partial charge < -0.3 is 10.1 Å². The number of aromatic nitrogens is 3. The van der Waals surface area contributed by atoms with E-state index in [1.807, 2.05) is 37.3 Å². The predicted octanol–water partition coefficient (Wildman–Crippen LogP) is 3.17. The number of hydrogen-bond acceptors (Lipinski definition) is 5. The molecule has 2 heterocycles. The van der Waals surface area contributed by atoms with E-state index in [4.69, 9.17) is 4.74 Å². The third-order valence-corrected chi connectivity index (χ3v) is 4.84. The van der Waals surface area contributed by atoms with Gasteiger partial charge in [-0.05, 0) is 48.9 Å². The molecule has 0 aliphatic rings. The third-order valence-electron chi connectivity index (χ3n) is 4.84. The highest BCUT2D eigenvalue weighted by Crippen LogP contribution is 2.15. The third kappa shape index (κ3) is 4.61. The van der Waals surface area contributed by atoms with Gasteiger partial charge in [0, 0.05) is 23.3 Å². The first-order valence-electron chi connectivity index (χ1n) is 10.0. The summed E-state index contributed by atoms with van der Waals surface area (Å²) in [6.45, 7) is 2.97. The van der Waals surface area contributed by atoms with E-state index < -0.39 is 0 Å². The molecule has 2 aromatic carbocycles. The Kier molecular flexibility index (Phi) is 6.03. The van der Waals surface area contributed by atoms with E-state index in [2.05, 4.69) is 15.4 Å². The molecular weight excluding hydrogens is 392 g/mol. The van der Waals surface area contributed by atoms with Crippen LogP contribution in [-0.2, 0) is 13.1 Å². The summed E-state index contributed by atoms with van der Waals surface area (Å²) >= 11 is 0. The molecule has 0 radical (unpaired) electrons. The van der Waals surface area contributed by atoms with E-state index in [1.165, 1.54) is 4.68 Å². The monoisotopic (exact) mass is 414 g/mol. The summed E-state index contributed by atoms with van der Waals surface area (Å²) in [7, 11) is 0. The number of pyridine rings is 1. The molecule has 1 amide bonds. The van der Waals surface area contributed by atoms with Gasteiger partial charge in [-0.25, -0.2) is 4.68 Å². The number of benzene rings is 2. The Labute approximate surface area is 179 Å². The maximum atomic E-state index is 12.9. The molecule has 7 nitrogen and oxygen atoms in total. The number of amides is 1. The van der Waals surface area contributed by atoms with Crippen molar-refractivity contribution in [1.82, 2.24) is 20.1 Å². The minimum atomic E-state index is -0.223. The fourth-order valence-corrected chi connectivity index (χ4v) is 3.34. The average molecular weight is 414 g/mol. The summed E-state index contributed by atoms with van der Waals surface area (Å²) in [5.41, 5.74) is 1.84. The van der Waals surface area contributed by atoms with E-state index >= 15 is 0 Å². The molecule has 0 saturated heterocycles. The maximum absolute atomic E-state index is 12.9. The van der Waals surface area contributed by atoms with Gasteiger partial charge in [-0.3, -0.25) is 14.6 Å². The lowest BCUT2D eigenvalue weighted by Crippen LogP contribution is -2.29. The first-order chi connectivity index (χ1) is 15.2. The van der Waals surface area contributed by atoms with Crippen LogP contribution < -0.4 is 15.6 Å². The molecule has 156 valence electrons. The average Bonchev–Trinajstić information content (AvgIpc) is 2.81. The summed E-state index contributed by atoms with van der Waals surface area (Å²) in [5.74, 6) is 0.494. The second-order valence-electron chi connectivity index (χ2n) is 6.96. The van der Waals surface area contributed by atoms with Gasteiger partial charge in [-0.15, -0.1) is 0 Å². The topological polar surface area (TPSA) is 86.1 Å². The van der Waals surface area contributed by atoms with E-state index in [-0.39, 0.29) is 18.0 Å². The number of ether oxygens (including phenoxy) is 1. The molecule has 0 fully saturated rings. The highest BCUT2D eigenvalue weighted by Gasteiger charge is 2.13. The fraction of sp³-hybridized carbons (Fsp3) is 0.167. The van der Waals surface area contributed by atoms with Crippen molar-refractivity contribution < 1.29 is 9.53 Å². The number of hydrogen-bond donors (Lipinski definition) is 1. The van der Waals surface area contributed by atoms with Crippen molar-refractivity contribution in [2.45, 2.75) is 20.0 Å². The lowest BCUT2D eigenvalue weighted by molar-refractivity contribution is 0.0950. The molecule has 0 aliphatic heterocycles. The summed E-state index contributed by atoms with van der Waals surface area (Å²) in [6.07, 6.45) is 3.39. The molecule has 0 spiro atoms. The van der Waals surface area contributed by atoms with Crippen molar-refractivity contribution in [2.24, 2.45) is 0 Å². The predicted molar refractivity (Wildman–Crippen MR) is 118 cm³/mol. The van der Waals surface area contributed by atoms with Gasteiger partial charge in [-0.1, -0.05) is 24.3 Å². The standard InChI is InChI=1S/C24H22N4O3/c1-2-31-19-11-9-18(10-12-19)23(29)26-15-22-20-7-3-4-8-21(20)24(30)28(27-22)16-17-6-5-13-25-14-17/h3-14H,2,15-16H2,1H3,(H,26,29). The minimum absolute atomic E-state index is 0.180. The Bertz CT molecular complexity index is 1250. The van der Waals surface area contributed by atoms with E-state index in [0.29, 0.717) is 35.5 Å². The van der Waals surface area contributed by atoms with E-state index in [0.717, 1.165) is 10.9 Å². The normalized spacial score (nSPS) is 10.7. The molecule has 4 rings (SSSR count). The van der Waals surface area contributed by atoms with Crippen LogP contribution in [0.2, 0.25) is 0 Å². The summed E-state index contributed by atoms with van der Waals surface area (Å²) in [6, 6.07) is 18.0. The van der Waals surface area contributed by atoms with Gasteiger partial charge in [0.25, 0.3) is 11.5 Å². The van der Waals surface area contributed by atoms with Crippen LogP contribution in [0.15, 0.2) is 77.9 Å². The molecule has 0 unspecified atom stereocenters. The van der Waals surface area contributed by atoms with E-state index in [1.54, 1.807) is 42.7 Å². The van der Waals surface area contributed by atoms with Gasteiger partial charge in [0.2, 0.25) is 0 Å². The first kappa shape index (κ1) is 20.3. The van der Waals surface area contributed by atoms with Crippen molar-refractivity contribution in [3.63, 3.8) is 0 Å². The maximum Gasteiger partial charge on any atom is 0.274 e. The lowest BCUT2D eigenvalue weighted by atomic mass is 10.1. The number of carbonyl (C=O) groups is 1. The minimum Gasteiger partial charge on any atom is -0.494 e. The van der Waals surface area contributed by atoms with Crippen LogP contribution in [0.1, 0.15) is 28.5 Å². The van der Waals surface area contributed by atoms with Crippen LogP contribution in [0.5, 0.6) is 5.75 Å². The van der Waals surface area contributed by atoms with Crippen molar-refractivity contribution in [1.29, 1.82) is 0 Å². The fourth-order valence-electron chi connectivity index (χ4n) is 3.34. The van der Waals surface area contributed by atoms with Crippen LogP contribution in [0.25, 0.3) is 10.8 Å². The number of rotatable bonds is 7. The van der Waals surface area contributed by atoms with Gasteiger partial charge in [0.05, 0.1) is 30.8 Å². The number of nitrogens with one attached hydrogen (secondary N) is 1. The molecule has 31 heavy (non-hydrogen) atoms. The van der Waals surface area contributed by atoms with Crippen molar-refractivity contribution in [2.75, 3.05) is 6.61 Å². The van der Waals surface area contributed by atoms with Gasteiger partial charge >= 0.3 is 0 Å². The Morgan fingerprint density at radius 2 is 1.81 bits per heavy atom. The molecular formula is C24H22N4O3. The summed E-state index contributed by atoms with van der Waals surface area (Å²) < 4.78 is 6.83.